The van der Waals surface area contributed by atoms with Gasteiger partial charge in [0.2, 0.25) is 6.29 Å². The summed E-state index contributed by atoms with van der Waals surface area (Å²) < 4.78 is 26.8. The topological polar surface area (TPSA) is 185 Å². The molecule has 1 aromatic rings. The van der Waals surface area contributed by atoms with E-state index in [4.69, 9.17) is 23.7 Å². The van der Waals surface area contributed by atoms with E-state index in [9.17, 15) is 35.4 Å². The summed E-state index contributed by atoms with van der Waals surface area (Å²) in [4.78, 5) is 12.1. The first-order chi connectivity index (χ1) is 15.2. The Hall–Kier alpha value is -1.87. The first-order valence-corrected chi connectivity index (χ1v) is 10.1. The highest BCUT2D eigenvalue weighted by molar-refractivity contribution is 5.96. The van der Waals surface area contributed by atoms with Crippen LogP contribution < -0.4 is 4.74 Å². The molecule has 0 spiro atoms. The number of ether oxygens (including phenoxy) is 5. The fourth-order valence-corrected chi connectivity index (χ4v) is 3.84. The standard InChI is InChI=1S/C20H26O12/c1-7-2-3-10(12-8(7)4-28-18(12)27)31-20-17(26)15(24)14(23)11(32-20)6-30-19-16(25)13(22)9(21)5-29-19/h2-3,9,11,13-17,19-26H,4-6H2,1H3. The molecule has 178 valence electrons. The number of carbonyl (C=O) groups is 1. The van der Waals surface area contributed by atoms with Crippen LogP contribution in [0, 0.1) is 6.92 Å². The molecule has 0 saturated carbocycles. The number of aliphatic hydroxyl groups is 6. The zero-order valence-corrected chi connectivity index (χ0v) is 17.1. The molecule has 0 aromatic heterocycles. The molecule has 3 aliphatic heterocycles. The minimum Gasteiger partial charge on any atom is -0.461 e. The monoisotopic (exact) mass is 458 g/mol. The number of hydrogen-bond donors (Lipinski definition) is 6. The van der Waals surface area contributed by atoms with Crippen LogP contribution in [0.5, 0.6) is 5.75 Å². The lowest BCUT2D eigenvalue weighted by atomic mass is 9.99. The Balaban J connectivity index is 1.46. The number of hydrogen-bond acceptors (Lipinski definition) is 12. The van der Waals surface area contributed by atoms with Crippen LogP contribution in [0.1, 0.15) is 21.5 Å². The Morgan fingerprint density at radius 2 is 1.69 bits per heavy atom. The van der Waals surface area contributed by atoms with Crippen LogP contribution >= 0.6 is 0 Å². The van der Waals surface area contributed by atoms with Gasteiger partial charge in [0.1, 0.15) is 60.6 Å². The summed E-state index contributed by atoms with van der Waals surface area (Å²) in [6, 6.07) is 3.22. The molecule has 3 heterocycles. The van der Waals surface area contributed by atoms with E-state index in [-0.39, 0.29) is 24.5 Å². The molecule has 12 nitrogen and oxygen atoms in total. The quantitative estimate of drug-likeness (QED) is 0.251. The van der Waals surface area contributed by atoms with Gasteiger partial charge in [0.05, 0.1) is 13.2 Å². The van der Waals surface area contributed by atoms with Gasteiger partial charge < -0.3 is 54.3 Å². The molecule has 0 aliphatic carbocycles. The van der Waals surface area contributed by atoms with Crippen molar-refractivity contribution in [2.45, 2.75) is 68.8 Å². The molecule has 9 unspecified atom stereocenters. The fraction of sp³-hybridized carbons (Fsp3) is 0.650. The van der Waals surface area contributed by atoms with Gasteiger partial charge in [-0.3, -0.25) is 0 Å². The van der Waals surface area contributed by atoms with Crippen molar-refractivity contribution in [2.75, 3.05) is 13.2 Å². The third-order valence-corrected chi connectivity index (χ3v) is 5.85. The molecule has 4 rings (SSSR count). The van der Waals surface area contributed by atoms with Crippen LogP contribution in [0.4, 0.5) is 0 Å². The Morgan fingerprint density at radius 3 is 2.44 bits per heavy atom. The predicted molar refractivity (Wildman–Crippen MR) is 101 cm³/mol. The molecule has 32 heavy (non-hydrogen) atoms. The lowest BCUT2D eigenvalue weighted by Gasteiger charge is -2.41. The summed E-state index contributed by atoms with van der Waals surface area (Å²) in [7, 11) is 0. The fourth-order valence-electron chi connectivity index (χ4n) is 3.84. The van der Waals surface area contributed by atoms with Crippen molar-refractivity contribution in [1.82, 2.24) is 0 Å². The molecule has 0 radical (unpaired) electrons. The normalized spacial score (nSPS) is 39.5. The molecule has 2 saturated heterocycles. The molecular formula is C20H26O12. The Kier molecular flexibility index (Phi) is 6.68. The van der Waals surface area contributed by atoms with Gasteiger partial charge in [-0.15, -0.1) is 0 Å². The summed E-state index contributed by atoms with van der Waals surface area (Å²) in [5.41, 5.74) is 1.66. The highest BCUT2D eigenvalue weighted by Crippen LogP contribution is 2.34. The molecule has 12 heteroatoms. The van der Waals surface area contributed by atoms with Crippen LogP contribution in [0.2, 0.25) is 0 Å². The number of aryl methyl sites for hydroxylation is 1. The van der Waals surface area contributed by atoms with Gasteiger partial charge in [0.15, 0.2) is 6.29 Å². The number of carbonyl (C=O) groups excluding carboxylic acids is 1. The molecule has 6 N–H and O–H groups in total. The Bertz CT molecular complexity index is 846. The maximum atomic E-state index is 12.1. The van der Waals surface area contributed by atoms with E-state index in [1.165, 1.54) is 6.07 Å². The highest BCUT2D eigenvalue weighted by Gasteiger charge is 2.47. The van der Waals surface area contributed by atoms with E-state index in [0.29, 0.717) is 5.56 Å². The third-order valence-electron chi connectivity index (χ3n) is 5.85. The average molecular weight is 458 g/mol. The van der Waals surface area contributed by atoms with Crippen molar-refractivity contribution in [3.8, 4) is 5.75 Å². The number of fused-ring (bicyclic) bond motifs is 1. The molecule has 9 atom stereocenters. The zero-order valence-electron chi connectivity index (χ0n) is 17.1. The number of benzene rings is 1. The summed E-state index contributed by atoms with van der Waals surface area (Å²) in [6.07, 6.45) is -13.2. The lowest BCUT2D eigenvalue weighted by Crippen LogP contribution is -2.61. The number of esters is 1. The summed E-state index contributed by atoms with van der Waals surface area (Å²) in [6.45, 7) is 1.21. The van der Waals surface area contributed by atoms with Gasteiger partial charge in [-0.25, -0.2) is 4.79 Å². The second-order valence-electron chi connectivity index (χ2n) is 8.03. The Labute approximate surface area is 182 Å². The van der Waals surface area contributed by atoms with Gasteiger partial charge in [-0.1, -0.05) is 6.07 Å². The molecule has 2 fully saturated rings. The third kappa shape index (κ3) is 4.21. The second-order valence-corrected chi connectivity index (χ2v) is 8.03. The maximum absolute atomic E-state index is 12.1. The highest BCUT2D eigenvalue weighted by atomic mass is 16.7. The molecule has 3 aliphatic rings. The van der Waals surface area contributed by atoms with Crippen LogP contribution in [0.15, 0.2) is 12.1 Å². The van der Waals surface area contributed by atoms with Crippen molar-refractivity contribution in [2.24, 2.45) is 0 Å². The van der Waals surface area contributed by atoms with Gasteiger partial charge in [-0.05, 0) is 18.6 Å². The number of cyclic esters (lactones) is 1. The van der Waals surface area contributed by atoms with Crippen molar-refractivity contribution < 1.29 is 59.1 Å². The van der Waals surface area contributed by atoms with E-state index in [1.54, 1.807) is 6.07 Å². The van der Waals surface area contributed by atoms with Crippen LogP contribution in [-0.4, -0.2) is 105 Å². The maximum Gasteiger partial charge on any atom is 0.342 e. The largest absolute Gasteiger partial charge is 0.461 e. The molecular weight excluding hydrogens is 432 g/mol. The van der Waals surface area contributed by atoms with Crippen LogP contribution in [0.25, 0.3) is 0 Å². The van der Waals surface area contributed by atoms with Crippen molar-refractivity contribution in [3.05, 3.63) is 28.8 Å². The van der Waals surface area contributed by atoms with E-state index >= 15 is 0 Å². The smallest absolute Gasteiger partial charge is 0.342 e. The van der Waals surface area contributed by atoms with Gasteiger partial charge in [0, 0.05) is 5.56 Å². The zero-order chi connectivity index (χ0) is 23.2. The van der Waals surface area contributed by atoms with Gasteiger partial charge >= 0.3 is 5.97 Å². The van der Waals surface area contributed by atoms with E-state index in [2.05, 4.69) is 0 Å². The minimum absolute atomic E-state index is 0.0866. The first kappa shape index (κ1) is 23.3. The van der Waals surface area contributed by atoms with Gasteiger partial charge in [0.25, 0.3) is 0 Å². The second kappa shape index (κ2) is 9.17. The first-order valence-electron chi connectivity index (χ1n) is 10.1. The summed E-state index contributed by atoms with van der Waals surface area (Å²) >= 11 is 0. The van der Waals surface area contributed by atoms with Gasteiger partial charge in [-0.2, -0.15) is 0 Å². The van der Waals surface area contributed by atoms with E-state index in [0.717, 1.165) is 5.56 Å². The number of aliphatic hydroxyl groups excluding tert-OH is 6. The van der Waals surface area contributed by atoms with Crippen molar-refractivity contribution >= 4 is 5.97 Å². The van der Waals surface area contributed by atoms with E-state index < -0.39 is 67.9 Å². The summed E-state index contributed by atoms with van der Waals surface area (Å²) in [5.74, 6) is -0.503. The molecule has 0 amide bonds. The SMILES string of the molecule is Cc1ccc(OC2OC(COC3OCC(O)C(O)C3O)C(O)C(O)C2O)c2c1COC2=O. The lowest BCUT2D eigenvalue weighted by molar-refractivity contribution is -0.307. The Morgan fingerprint density at radius 1 is 0.969 bits per heavy atom. The number of rotatable bonds is 5. The van der Waals surface area contributed by atoms with Crippen LogP contribution in [0.3, 0.4) is 0 Å². The average Bonchev–Trinajstić information content (AvgIpc) is 3.17. The summed E-state index contributed by atoms with van der Waals surface area (Å²) in [5, 5.41) is 60.1. The predicted octanol–water partition coefficient (Wildman–Crippen LogP) is -2.69. The van der Waals surface area contributed by atoms with Crippen molar-refractivity contribution in [1.29, 1.82) is 0 Å². The molecule has 0 bridgehead atoms. The van der Waals surface area contributed by atoms with Crippen molar-refractivity contribution in [3.63, 3.8) is 0 Å². The molecule has 1 aromatic carbocycles. The minimum atomic E-state index is -1.67. The van der Waals surface area contributed by atoms with Crippen LogP contribution in [-0.2, 0) is 25.6 Å². The van der Waals surface area contributed by atoms with E-state index in [1.807, 2.05) is 6.92 Å².